The van der Waals surface area contributed by atoms with Crippen LogP contribution in [0.4, 0.5) is 6.01 Å². The molecule has 0 radical (unpaired) electrons. The summed E-state index contributed by atoms with van der Waals surface area (Å²) in [6.07, 6.45) is 0.193. The first-order valence-corrected chi connectivity index (χ1v) is 10.6. The van der Waals surface area contributed by atoms with Crippen LogP contribution < -0.4 is 10.1 Å². The molecule has 0 bridgehead atoms. The van der Waals surface area contributed by atoms with E-state index in [1.165, 1.54) is 30.6 Å². The largest absolute Gasteiger partial charge is 0.497 e. The molecule has 0 aliphatic carbocycles. The Morgan fingerprint density at radius 2 is 2.00 bits per heavy atom. The fourth-order valence-electron chi connectivity index (χ4n) is 2.28. The quantitative estimate of drug-likeness (QED) is 0.611. The Labute approximate surface area is 160 Å². The molecule has 0 saturated heterocycles. The lowest BCUT2D eigenvalue weighted by molar-refractivity contribution is -0.116. The number of rotatable bonds is 8. The Hall–Kier alpha value is -2.72. The molecular weight excluding hydrogens is 390 g/mol. The first-order chi connectivity index (χ1) is 13.0. The van der Waals surface area contributed by atoms with E-state index in [0.717, 1.165) is 4.88 Å². The van der Waals surface area contributed by atoms with Gasteiger partial charge in [0.05, 0.1) is 22.6 Å². The highest BCUT2D eigenvalue weighted by Gasteiger charge is 2.16. The highest BCUT2D eigenvalue weighted by atomic mass is 32.2. The van der Waals surface area contributed by atoms with Crippen LogP contribution in [-0.4, -0.2) is 37.4 Å². The van der Waals surface area contributed by atoms with E-state index >= 15 is 0 Å². The van der Waals surface area contributed by atoms with Crippen LogP contribution in [0.3, 0.4) is 0 Å². The van der Waals surface area contributed by atoms with E-state index < -0.39 is 9.84 Å². The predicted molar refractivity (Wildman–Crippen MR) is 101 cm³/mol. The van der Waals surface area contributed by atoms with Crippen molar-refractivity contribution in [2.24, 2.45) is 0 Å². The van der Waals surface area contributed by atoms with Crippen molar-refractivity contribution in [2.75, 3.05) is 18.2 Å². The van der Waals surface area contributed by atoms with Crippen LogP contribution >= 0.6 is 11.3 Å². The minimum Gasteiger partial charge on any atom is -0.497 e. The number of carbonyl (C=O) groups is 1. The van der Waals surface area contributed by atoms with Crippen molar-refractivity contribution in [2.45, 2.75) is 17.7 Å². The van der Waals surface area contributed by atoms with Gasteiger partial charge < -0.3 is 9.15 Å². The van der Waals surface area contributed by atoms with E-state index in [1.807, 2.05) is 17.5 Å². The van der Waals surface area contributed by atoms with Crippen molar-refractivity contribution < 1.29 is 22.4 Å². The number of ether oxygens (including phenoxy) is 1. The molecule has 1 aromatic carbocycles. The van der Waals surface area contributed by atoms with Crippen molar-refractivity contribution in [3.05, 3.63) is 41.8 Å². The van der Waals surface area contributed by atoms with Crippen molar-refractivity contribution in [3.8, 4) is 16.5 Å². The van der Waals surface area contributed by atoms with Gasteiger partial charge in [-0.25, -0.2) is 8.42 Å². The number of carbonyl (C=O) groups excluding carboxylic acids is 1. The van der Waals surface area contributed by atoms with Crippen LogP contribution in [0.25, 0.3) is 10.8 Å². The molecule has 0 atom stereocenters. The topological polar surface area (TPSA) is 111 Å². The number of hydrogen-bond donors (Lipinski definition) is 1. The molecule has 142 valence electrons. The maximum absolute atomic E-state index is 12.3. The molecule has 0 saturated carbocycles. The average molecular weight is 407 g/mol. The molecule has 0 unspecified atom stereocenters. The van der Waals surface area contributed by atoms with Gasteiger partial charge in [-0.3, -0.25) is 10.1 Å². The molecule has 10 heteroatoms. The number of thiophene rings is 1. The Bertz CT molecular complexity index is 996. The molecule has 2 aromatic heterocycles. The van der Waals surface area contributed by atoms with E-state index in [2.05, 4.69) is 15.5 Å². The maximum atomic E-state index is 12.3. The number of nitrogens with zero attached hydrogens (tertiary/aromatic N) is 2. The number of hydrogen-bond acceptors (Lipinski definition) is 8. The zero-order chi connectivity index (χ0) is 19.3. The smallest absolute Gasteiger partial charge is 0.322 e. The normalized spacial score (nSPS) is 11.3. The summed E-state index contributed by atoms with van der Waals surface area (Å²) >= 11 is 1.44. The first kappa shape index (κ1) is 19.1. The number of benzene rings is 1. The average Bonchev–Trinajstić information content (AvgIpc) is 3.33. The molecule has 1 N–H and O–H groups in total. The molecule has 0 aliphatic heterocycles. The Morgan fingerprint density at radius 3 is 2.67 bits per heavy atom. The minimum atomic E-state index is -3.46. The molecule has 8 nitrogen and oxygen atoms in total. The van der Waals surface area contributed by atoms with Gasteiger partial charge >= 0.3 is 6.01 Å². The van der Waals surface area contributed by atoms with E-state index in [4.69, 9.17) is 9.15 Å². The zero-order valence-electron chi connectivity index (χ0n) is 14.4. The van der Waals surface area contributed by atoms with Crippen LogP contribution in [0.1, 0.15) is 12.8 Å². The second-order valence-corrected chi connectivity index (χ2v) is 8.59. The second-order valence-electron chi connectivity index (χ2n) is 5.54. The van der Waals surface area contributed by atoms with Crippen LogP contribution in [0, 0.1) is 0 Å². The standard InChI is InChI=1S/C17H17N3O5S2/c1-24-12-6-8-13(9-7-12)27(22,23)11-3-5-15(21)18-17-20-19-16(25-17)14-4-2-10-26-14/h2,4,6-10H,3,5,11H2,1H3,(H,18,20,21). The summed E-state index contributed by atoms with van der Waals surface area (Å²) in [5.41, 5.74) is 0. The molecular formula is C17H17N3O5S2. The van der Waals surface area contributed by atoms with Crippen LogP contribution in [-0.2, 0) is 14.6 Å². The third-order valence-corrected chi connectivity index (χ3v) is 6.31. The Kier molecular flexibility index (Phi) is 5.87. The van der Waals surface area contributed by atoms with Gasteiger partial charge in [0.2, 0.25) is 5.91 Å². The van der Waals surface area contributed by atoms with Gasteiger partial charge in [0.1, 0.15) is 5.75 Å². The molecule has 1 amide bonds. The number of anilines is 1. The van der Waals surface area contributed by atoms with Crippen LogP contribution in [0.5, 0.6) is 5.75 Å². The second kappa shape index (κ2) is 8.31. The van der Waals surface area contributed by atoms with Gasteiger partial charge in [0, 0.05) is 6.42 Å². The minimum absolute atomic E-state index is 0.0126. The van der Waals surface area contributed by atoms with E-state index in [-0.39, 0.29) is 35.4 Å². The lowest BCUT2D eigenvalue weighted by atomic mass is 10.3. The van der Waals surface area contributed by atoms with Gasteiger partial charge in [-0.05, 0) is 42.1 Å². The van der Waals surface area contributed by atoms with E-state index in [9.17, 15) is 13.2 Å². The van der Waals surface area contributed by atoms with Gasteiger partial charge in [-0.15, -0.1) is 16.4 Å². The van der Waals surface area contributed by atoms with Gasteiger partial charge in [-0.2, -0.15) is 0 Å². The summed E-state index contributed by atoms with van der Waals surface area (Å²) in [5, 5.41) is 12.0. The number of amides is 1. The maximum Gasteiger partial charge on any atom is 0.322 e. The highest BCUT2D eigenvalue weighted by molar-refractivity contribution is 7.91. The monoisotopic (exact) mass is 407 g/mol. The molecule has 0 aliphatic rings. The summed E-state index contributed by atoms with van der Waals surface area (Å²) in [4.78, 5) is 13.0. The summed E-state index contributed by atoms with van der Waals surface area (Å²) in [5.74, 6) is 0.371. The molecule has 0 fully saturated rings. The molecule has 3 aromatic rings. The number of sulfone groups is 1. The molecule has 27 heavy (non-hydrogen) atoms. The van der Waals surface area contributed by atoms with Gasteiger partial charge in [0.25, 0.3) is 5.89 Å². The fraction of sp³-hybridized carbons (Fsp3) is 0.235. The van der Waals surface area contributed by atoms with Crippen molar-refractivity contribution in [1.82, 2.24) is 10.2 Å². The third-order valence-electron chi connectivity index (χ3n) is 3.64. The summed E-state index contributed by atoms with van der Waals surface area (Å²) in [6.45, 7) is 0. The fourth-order valence-corrected chi connectivity index (χ4v) is 4.23. The van der Waals surface area contributed by atoms with Crippen molar-refractivity contribution >= 4 is 33.1 Å². The Morgan fingerprint density at radius 1 is 1.22 bits per heavy atom. The first-order valence-electron chi connectivity index (χ1n) is 8.02. The summed E-state index contributed by atoms with van der Waals surface area (Å²) in [7, 11) is -1.96. The SMILES string of the molecule is COc1ccc(S(=O)(=O)CCCC(=O)Nc2nnc(-c3cccs3)o2)cc1. The lowest BCUT2D eigenvalue weighted by Gasteiger charge is -2.05. The lowest BCUT2D eigenvalue weighted by Crippen LogP contribution is -2.14. The van der Waals surface area contributed by atoms with Crippen molar-refractivity contribution in [3.63, 3.8) is 0 Å². The van der Waals surface area contributed by atoms with Crippen LogP contribution in [0.2, 0.25) is 0 Å². The predicted octanol–water partition coefficient (Wildman–Crippen LogP) is 3.00. The van der Waals surface area contributed by atoms with E-state index in [0.29, 0.717) is 11.6 Å². The van der Waals surface area contributed by atoms with Crippen LogP contribution in [0.15, 0.2) is 51.1 Å². The van der Waals surface area contributed by atoms with Gasteiger partial charge in [0.15, 0.2) is 9.84 Å². The van der Waals surface area contributed by atoms with Crippen molar-refractivity contribution in [1.29, 1.82) is 0 Å². The van der Waals surface area contributed by atoms with Gasteiger partial charge in [-0.1, -0.05) is 11.2 Å². The number of methoxy groups -OCH3 is 1. The third kappa shape index (κ3) is 4.92. The highest BCUT2D eigenvalue weighted by Crippen LogP contribution is 2.24. The molecule has 2 heterocycles. The Balaban J connectivity index is 1.50. The molecule has 3 rings (SSSR count). The zero-order valence-corrected chi connectivity index (χ0v) is 16.0. The number of nitrogens with one attached hydrogen (secondary N) is 1. The molecule has 0 spiro atoms. The number of aromatic nitrogens is 2. The van der Waals surface area contributed by atoms with E-state index in [1.54, 1.807) is 12.1 Å². The summed E-state index contributed by atoms with van der Waals surface area (Å²) in [6, 6.07) is 9.80. The summed E-state index contributed by atoms with van der Waals surface area (Å²) < 4.78 is 35.0.